The fourth-order valence-corrected chi connectivity index (χ4v) is 3.44. The third kappa shape index (κ3) is 2.12. The summed E-state index contributed by atoms with van der Waals surface area (Å²) in [4.78, 5) is 12.4. The van der Waals surface area contributed by atoms with Gasteiger partial charge >= 0.3 is 0 Å². The molecule has 0 saturated carbocycles. The molecule has 116 valence electrons. The van der Waals surface area contributed by atoms with Crippen LogP contribution in [-0.4, -0.2) is 34.0 Å². The lowest BCUT2D eigenvalue weighted by molar-refractivity contribution is 0.602. The van der Waals surface area contributed by atoms with E-state index in [1.54, 1.807) is 30.5 Å². The molecule has 3 heterocycles. The first kappa shape index (κ1) is 14.0. The van der Waals surface area contributed by atoms with E-state index in [2.05, 4.69) is 15.0 Å². The van der Waals surface area contributed by atoms with Crippen LogP contribution >= 0.6 is 0 Å². The number of rotatable bonds is 2. The second-order valence-electron chi connectivity index (χ2n) is 5.49. The molecular formula is C16H14N4O2S. The van der Waals surface area contributed by atoms with Gasteiger partial charge in [0.25, 0.3) is 0 Å². The summed E-state index contributed by atoms with van der Waals surface area (Å²) >= 11 is 0. The van der Waals surface area contributed by atoms with Gasteiger partial charge in [0.15, 0.2) is 15.5 Å². The first-order chi connectivity index (χ1) is 10.9. The minimum atomic E-state index is -3.20. The molecule has 6 nitrogen and oxygen atoms in total. The van der Waals surface area contributed by atoms with Crippen LogP contribution in [0.1, 0.15) is 5.82 Å². The molecule has 0 radical (unpaired) electrons. The van der Waals surface area contributed by atoms with E-state index in [1.807, 2.05) is 23.6 Å². The number of benzene rings is 1. The smallest absolute Gasteiger partial charge is 0.175 e. The Balaban J connectivity index is 1.96. The van der Waals surface area contributed by atoms with Gasteiger partial charge in [-0.1, -0.05) is 12.1 Å². The number of aryl methyl sites for hydroxylation is 1. The third-order valence-electron chi connectivity index (χ3n) is 3.90. The summed E-state index contributed by atoms with van der Waals surface area (Å²) in [6.45, 7) is 1.94. The molecule has 4 aromatic rings. The first-order valence-corrected chi connectivity index (χ1v) is 8.96. The van der Waals surface area contributed by atoms with Gasteiger partial charge in [-0.3, -0.25) is 4.40 Å². The Morgan fingerprint density at radius 3 is 2.52 bits per heavy atom. The lowest BCUT2D eigenvalue weighted by Gasteiger charge is -2.02. The summed E-state index contributed by atoms with van der Waals surface area (Å²) in [5.74, 6) is 0.856. The monoisotopic (exact) mass is 326 g/mol. The summed E-state index contributed by atoms with van der Waals surface area (Å²) in [5.41, 5.74) is 4.31. The number of aromatic nitrogens is 4. The quantitative estimate of drug-likeness (QED) is 0.614. The molecule has 23 heavy (non-hydrogen) atoms. The van der Waals surface area contributed by atoms with Gasteiger partial charge in [0.05, 0.1) is 27.8 Å². The van der Waals surface area contributed by atoms with Gasteiger partial charge in [0.1, 0.15) is 5.82 Å². The van der Waals surface area contributed by atoms with Crippen molar-refractivity contribution in [2.24, 2.45) is 0 Å². The molecule has 4 rings (SSSR count). The van der Waals surface area contributed by atoms with Crippen molar-refractivity contribution in [2.45, 2.75) is 11.8 Å². The van der Waals surface area contributed by atoms with Crippen molar-refractivity contribution in [3.63, 3.8) is 0 Å². The fourth-order valence-electron chi connectivity index (χ4n) is 2.81. The number of hydrogen-bond acceptors (Lipinski definition) is 4. The zero-order valence-electron chi connectivity index (χ0n) is 12.6. The molecule has 0 bridgehead atoms. The number of sulfone groups is 1. The molecule has 0 aliphatic carbocycles. The predicted octanol–water partition coefficient (Wildman–Crippen LogP) is 2.59. The second kappa shape index (κ2) is 4.66. The van der Waals surface area contributed by atoms with Gasteiger partial charge in [-0.2, -0.15) is 0 Å². The van der Waals surface area contributed by atoms with Crippen LogP contribution in [0.15, 0.2) is 47.6 Å². The van der Waals surface area contributed by atoms with Crippen molar-refractivity contribution in [3.8, 4) is 11.3 Å². The number of nitrogens with one attached hydrogen (secondary N) is 1. The Morgan fingerprint density at radius 2 is 1.83 bits per heavy atom. The summed E-state index contributed by atoms with van der Waals surface area (Å²) in [6, 6.07) is 8.72. The topological polar surface area (TPSA) is 80.1 Å². The fraction of sp³-hybridized carbons (Fsp3) is 0.125. The van der Waals surface area contributed by atoms with Crippen LogP contribution < -0.4 is 0 Å². The van der Waals surface area contributed by atoms with Gasteiger partial charge < -0.3 is 4.98 Å². The molecule has 1 aromatic carbocycles. The Labute approximate surface area is 132 Å². The van der Waals surface area contributed by atoms with E-state index in [4.69, 9.17) is 0 Å². The summed E-state index contributed by atoms with van der Waals surface area (Å²) in [6.07, 6.45) is 4.82. The highest BCUT2D eigenvalue weighted by Gasteiger charge is 2.14. The molecule has 7 heteroatoms. The molecule has 0 saturated heterocycles. The van der Waals surface area contributed by atoms with Crippen molar-refractivity contribution in [3.05, 3.63) is 48.5 Å². The number of H-pyrrole nitrogens is 1. The van der Waals surface area contributed by atoms with Crippen LogP contribution in [0.25, 0.3) is 27.9 Å². The van der Waals surface area contributed by atoms with Gasteiger partial charge in [-0.15, -0.1) is 0 Å². The van der Waals surface area contributed by atoms with Crippen LogP contribution in [-0.2, 0) is 9.84 Å². The third-order valence-corrected chi connectivity index (χ3v) is 5.03. The van der Waals surface area contributed by atoms with E-state index in [0.717, 1.165) is 33.8 Å². The first-order valence-electron chi connectivity index (χ1n) is 7.07. The minimum Gasteiger partial charge on any atom is -0.345 e. The average molecular weight is 326 g/mol. The van der Waals surface area contributed by atoms with Crippen molar-refractivity contribution >= 4 is 26.5 Å². The molecular weight excluding hydrogens is 312 g/mol. The molecule has 0 spiro atoms. The van der Waals surface area contributed by atoms with Crippen molar-refractivity contribution in [1.29, 1.82) is 0 Å². The summed E-state index contributed by atoms with van der Waals surface area (Å²) in [5, 5.41) is 0. The molecule has 0 unspecified atom stereocenters. The highest BCUT2D eigenvalue weighted by atomic mass is 32.2. The Kier molecular flexibility index (Phi) is 2.83. The van der Waals surface area contributed by atoms with Crippen LogP contribution in [0, 0.1) is 6.92 Å². The summed E-state index contributed by atoms with van der Waals surface area (Å²) < 4.78 is 25.2. The number of aromatic amines is 1. The zero-order chi connectivity index (χ0) is 16.2. The Morgan fingerprint density at radius 1 is 1.09 bits per heavy atom. The molecule has 0 fully saturated rings. The molecule has 0 amide bonds. The number of nitrogens with zero attached hydrogens (tertiary/aromatic N) is 3. The SMILES string of the molecule is Cc1nc(-c2ccc(S(C)(=O)=O)cc2)c2cnc3[nH]ccc3n12. The largest absolute Gasteiger partial charge is 0.345 e. The zero-order valence-corrected chi connectivity index (χ0v) is 13.4. The van der Waals surface area contributed by atoms with Gasteiger partial charge in [0, 0.05) is 18.0 Å². The van der Waals surface area contributed by atoms with Crippen LogP contribution in [0.2, 0.25) is 0 Å². The average Bonchev–Trinajstić information content (AvgIpc) is 3.10. The van der Waals surface area contributed by atoms with Crippen LogP contribution in [0.3, 0.4) is 0 Å². The van der Waals surface area contributed by atoms with E-state index in [1.165, 1.54) is 6.26 Å². The maximum absolute atomic E-state index is 11.6. The van der Waals surface area contributed by atoms with Gasteiger partial charge in [-0.25, -0.2) is 18.4 Å². The highest BCUT2D eigenvalue weighted by Crippen LogP contribution is 2.27. The van der Waals surface area contributed by atoms with Crippen molar-refractivity contribution in [1.82, 2.24) is 19.4 Å². The highest BCUT2D eigenvalue weighted by molar-refractivity contribution is 7.90. The molecule has 0 aliphatic rings. The minimum absolute atomic E-state index is 0.299. The van der Waals surface area contributed by atoms with Crippen molar-refractivity contribution in [2.75, 3.05) is 6.26 Å². The van der Waals surface area contributed by atoms with E-state index < -0.39 is 9.84 Å². The van der Waals surface area contributed by atoms with E-state index in [9.17, 15) is 8.42 Å². The maximum Gasteiger partial charge on any atom is 0.175 e. The molecule has 3 aromatic heterocycles. The van der Waals surface area contributed by atoms with Gasteiger partial charge in [0.2, 0.25) is 0 Å². The molecule has 0 aliphatic heterocycles. The van der Waals surface area contributed by atoms with Crippen molar-refractivity contribution < 1.29 is 8.42 Å². The van der Waals surface area contributed by atoms with Gasteiger partial charge in [-0.05, 0) is 25.1 Å². The second-order valence-corrected chi connectivity index (χ2v) is 7.51. The standard InChI is InChI=1S/C16H14N4O2S/c1-10-19-15(11-3-5-12(6-4-11)23(2,21)22)14-9-18-16-13(20(10)14)7-8-17-16/h3-9,17H,1-2H3. The van der Waals surface area contributed by atoms with Crippen LogP contribution in [0.5, 0.6) is 0 Å². The van der Waals surface area contributed by atoms with E-state index in [0.29, 0.717) is 4.90 Å². The van der Waals surface area contributed by atoms with Crippen LogP contribution in [0.4, 0.5) is 0 Å². The Bertz CT molecular complexity index is 1140. The normalized spacial score (nSPS) is 12.3. The number of hydrogen-bond donors (Lipinski definition) is 1. The predicted molar refractivity (Wildman–Crippen MR) is 88.1 cm³/mol. The maximum atomic E-state index is 11.6. The van der Waals surface area contributed by atoms with E-state index in [-0.39, 0.29) is 0 Å². The molecule has 0 atom stereocenters. The number of fused-ring (bicyclic) bond motifs is 3. The summed E-state index contributed by atoms with van der Waals surface area (Å²) in [7, 11) is -3.20. The lowest BCUT2D eigenvalue weighted by Crippen LogP contribution is -1.96. The Hall–Kier alpha value is -2.67. The number of imidazole rings is 1. The van der Waals surface area contributed by atoms with E-state index >= 15 is 0 Å². The lowest BCUT2D eigenvalue weighted by atomic mass is 10.1. The molecule has 1 N–H and O–H groups in total.